The van der Waals surface area contributed by atoms with Crippen LogP contribution in [0.5, 0.6) is 0 Å². The summed E-state index contributed by atoms with van der Waals surface area (Å²) in [6.07, 6.45) is -3.18. The molecule has 0 aromatic heterocycles. The van der Waals surface area contributed by atoms with Crippen molar-refractivity contribution < 1.29 is 26.7 Å². The maximum atomic E-state index is 13.9. The molecule has 0 amide bonds. The molecule has 3 aromatic rings. The zero-order chi connectivity index (χ0) is 25.3. The van der Waals surface area contributed by atoms with Crippen LogP contribution in [0.1, 0.15) is 16.7 Å². The first-order valence-electron chi connectivity index (χ1n) is 9.86. The van der Waals surface area contributed by atoms with E-state index >= 15 is 0 Å². The zero-order valence-electron chi connectivity index (χ0n) is 18.0. The first-order valence-corrected chi connectivity index (χ1v) is 12.1. The number of aliphatic hydroxyl groups is 1. The fourth-order valence-corrected chi connectivity index (χ4v) is 5.33. The third-order valence-electron chi connectivity index (χ3n) is 5.26. The highest BCUT2D eigenvalue weighted by Crippen LogP contribution is 2.42. The summed E-state index contributed by atoms with van der Waals surface area (Å²) in [5.74, 6) is 0. The summed E-state index contributed by atoms with van der Waals surface area (Å²) >= 11 is 12.0. The van der Waals surface area contributed by atoms with Crippen molar-refractivity contribution >= 4 is 45.0 Å². The van der Waals surface area contributed by atoms with Crippen LogP contribution in [0.2, 0.25) is 10.0 Å². The van der Waals surface area contributed by atoms with E-state index in [0.717, 1.165) is 16.4 Å². The van der Waals surface area contributed by atoms with Crippen LogP contribution in [-0.2, 0) is 15.6 Å². The Labute approximate surface area is 205 Å². The third kappa shape index (κ3) is 5.10. The molecule has 180 valence electrons. The number of benzene rings is 3. The lowest BCUT2D eigenvalue weighted by Gasteiger charge is -2.29. The molecule has 1 atom stereocenters. The number of aryl methyl sites for hydroxylation is 1. The summed E-state index contributed by atoms with van der Waals surface area (Å²) < 4.78 is 68.9. The molecule has 0 saturated heterocycles. The van der Waals surface area contributed by atoms with Crippen molar-refractivity contribution in [2.75, 3.05) is 11.4 Å². The van der Waals surface area contributed by atoms with Gasteiger partial charge in [0.2, 0.25) is 5.60 Å². The normalized spacial score (nSPS) is 14.2. The first-order chi connectivity index (χ1) is 15.8. The van der Waals surface area contributed by atoms with Gasteiger partial charge in [0.25, 0.3) is 10.0 Å². The first kappa shape index (κ1) is 26.1. The fourth-order valence-electron chi connectivity index (χ4n) is 3.33. The molecule has 0 radical (unpaired) electrons. The van der Waals surface area contributed by atoms with Gasteiger partial charge in [-0.15, -0.1) is 0 Å². The van der Waals surface area contributed by atoms with E-state index in [4.69, 9.17) is 23.2 Å². The largest absolute Gasteiger partial charge is 0.425 e. The molecular formula is C24H20Cl2F3NO3S. The van der Waals surface area contributed by atoms with Crippen LogP contribution >= 0.6 is 23.2 Å². The molecule has 0 aliphatic carbocycles. The zero-order valence-corrected chi connectivity index (χ0v) is 20.3. The standard InChI is InChI=1S/C24H20Cl2F3NO3S/c1-16-14-18(23(31,24(27,28)29)13-12-17-6-4-3-5-7-17)8-11-21(16)30(2)34(32,33)22-15-19(25)9-10-20(22)26/h3-15,31H,1-2H3. The average Bonchev–Trinajstić information content (AvgIpc) is 2.78. The second kappa shape index (κ2) is 9.62. The molecule has 34 heavy (non-hydrogen) atoms. The van der Waals surface area contributed by atoms with Crippen LogP contribution < -0.4 is 4.31 Å². The van der Waals surface area contributed by atoms with Gasteiger partial charge < -0.3 is 5.11 Å². The molecule has 3 rings (SSSR count). The van der Waals surface area contributed by atoms with E-state index in [2.05, 4.69) is 0 Å². The van der Waals surface area contributed by atoms with E-state index in [9.17, 15) is 26.7 Å². The summed E-state index contributed by atoms with van der Waals surface area (Å²) in [6, 6.07) is 15.5. The van der Waals surface area contributed by atoms with Crippen molar-refractivity contribution in [1.82, 2.24) is 0 Å². The lowest BCUT2D eigenvalue weighted by Crippen LogP contribution is -2.40. The fraction of sp³-hybridized carbons (Fsp3) is 0.167. The maximum Gasteiger partial charge on any atom is 0.425 e. The summed E-state index contributed by atoms with van der Waals surface area (Å²) in [4.78, 5) is -0.245. The monoisotopic (exact) mass is 529 g/mol. The Morgan fingerprint density at radius 1 is 0.971 bits per heavy atom. The van der Waals surface area contributed by atoms with Gasteiger partial charge in [-0.25, -0.2) is 8.42 Å². The van der Waals surface area contributed by atoms with Crippen LogP contribution in [0.3, 0.4) is 0 Å². The minimum absolute atomic E-state index is 0.0528. The van der Waals surface area contributed by atoms with E-state index in [1.54, 1.807) is 30.3 Å². The molecule has 0 heterocycles. The van der Waals surface area contributed by atoms with E-state index in [-0.39, 0.29) is 26.2 Å². The second-order valence-corrected chi connectivity index (χ2v) is 10.3. The van der Waals surface area contributed by atoms with Crippen molar-refractivity contribution in [3.63, 3.8) is 0 Å². The smallest absolute Gasteiger partial charge is 0.373 e. The second-order valence-electron chi connectivity index (χ2n) is 7.56. The molecule has 10 heteroatoms. The SMILES string of the molecule is Cc1cc(C(O)(C=Cc2ccccc2)C(F)(F)F)ccc1N(C)S(=O)(=O)c1cc(Cl)ccc1Cl. The molecule has 0 fully saturated rings. The Bertz CT molecular complexity index is 1330. The highest BCUT2D eigenvalue weighted by Gasteiger charge is 2.53. The van der Waals surface area contributed by atoms with Gasteiger partial charge in [0.1, 0.15) is 4.90 Å². The molecule has 0 saturated carbocycles. The van der Waals surface area contributed by atoms with Crippen LogP contribution in [0.25, 0.3) is 6.08 Å². The van der Waals surface area contributed by atoms with E-state index in [0.29, 0.717) is 11.6 Å². The number of alkyl halides is 3. The number of anilines is 1. The number of sulfonamides is 1. The lowest BCUT2D eigenvalue weighted by molar-refractivity contribution is -0.244. The predicted molar refractivity (Wildman–Crippen MR) is 129 cm³/mol. The van der Waals surface area contributed by atoms with Gasteiger partial charge in [-0.3, -0.25) is 4.31 Å². The predicted octanol–water partition coefficient (Wildman–Crippen LogP) is 6.59. The summed E-state index contributed by atoms with van der Waals surface area (Å²) in [6.45, 7) is 1.45. The van der Waals surface area contributed by atoms with Gasteiger partial charge in [-0.1, -0.05) is 71.7 Å². The van der Waals surface area contributed by atoms with Crippen LogP contribution in [0.15, 0.2) is 77.7 Å². The molecule has 4 nitrogen and oxygen atoms in total. The highest BCUT2D eigenvalue weighted by atomic mass is 35.5. The van der Waals surface area contributed by atoms with Crippen molar-refractivity contribution in [2.45, 2.75) is 23.6 Å². The summed E-state index contributed by atoms with van der Waals surface area (Å²) in [7, 11) is -2.92. The van der Waals surface area contributed by atoms with Gasteiger partial charge in [0.05, 0.1) is 10.7 Å². The minimum Gasteiger partial charge on any atom is -0.373 e. The van der Waals surface area contributed by atoms with Crippen LogP contribution in [0, 0.1) is 6.92 Å². The minimum atomic E-state index is -5.03. The van der Waals surface area contributed by atoms with Crippen molar-refractivity contribution in [2.24, 2.45) is 0 Å². The number of rotatable bonds is 6. The van der Waals surface area contributed by atoms with Gasteiger partial charge in [0.15, 0.2) is 0 Å². The number of hydrogen-bond acceptors (Lipinski definition) is 3. The molecule has 0 bridgehead atoms. The van der Waals surface area contributed by atoms with Gasteiger partial charge in [-0.2, -0.15) is 13.2 Å². The quantitative estimate of drug-likeness (QED) is 0.391. The summed E-state index contributed by atoms with van der Waals surface area (Å²) in [5.41, 5.74) is -2.98. The summed E-state index contributed by atoms with van der Waals surface area (Å²) in [5, 5.41) is 10.8. The van der Waals surface area contributed by atoms with Crippen LogP contribution in [0.4, 0.5) is 18.9 Å². The molecule has 1 N–H and O–H groups in total. The molecular weight excluding hydrogens is 510 g/mol. The Morgan fingerprint density at radius 3 is 2.21 bits per heavy atom. The Balaban J connectivity index is 2.04. The highest BCUT2D eigenvalue weighted by molar-refractivity contribution is 7.93. The van der Waals surface area contributed by atoms with Gasteiger partial charge in [-0.05, 0) is 54.0 Å². The Morgan fingerprint density at radius 2 is 1.62 bits per heavy atom. The van der Waals surface area contributed by atoms with Crippen molar-refractivity contribution in [3.8, 4) is 0 Å². The molecule has 0 aliphatic rings. The Hall–Kier alpha value is -2.52. The van der Waals surface area contributed by atoms with E-state index in [1.807, 2.05) is 0 Å². The Kier molecular flexibility index (Phi) is 7.38. The molecule has 3 aromatic carbocycles. The maximum absolute atomic E-state index is 13.9. The number of nitrogens with zero attached hydrogens (tertiary/aromatic N) is 1. The van der Waals surface area contributed by atoms with Crippen LogP contribution in [-0.4, -0.2) is 26.7 Å². The molecule has 0 spiro atoms. The van der Waals surface area contributed by atoms with Crippen molar-refractivity contribution in [3.05, 3.63) is 99.5 Å². The lowest BCUT2D eigenvalue weighted by atomic mass is 9.90. The van der Waals surface area contributed by atoms with E-state index in [1.165, 1.54) is 44.3 Å². The van der Waals surface area contributed by atoms with Crippen molar-refractivity contribution in [1.29, 1.82) is 0 Å². The van der Waals surface area contributed by atoms with E-state index < -0.39 is 27.4 Å². The topological polar surface area (TPSA) is 57.6 Å². The third-order valence-corrected chi connectivity index (χ3v) is 7.74. The molecule has 0 aliphatic heterocycles. The number of hydrogen-bond donors (Lipinski definition) is 1. The molecule has 1 unspecified atom stereocenters. The van der Waals surface area contributed by atoms with Gasteiger partial charge in [0, 0.05) is 12.1 Å². The van der Waals surface area contributed by atoms with Gasteiger partial charge >= 0.3 is 6.18 Å². The average molecular weight is 530 g/mol. The number of halogens is 5.